The SMILES string of the molecule is COC1/C=C/C=C(\C)Cc2cc(C)c(Cl)c(c2)N(C)C(=O)CC(OC(=O)C(C)N(C)C(=O)CCSSCCC(=O)N(C)C(C)C(=O)OC2CC(=O)N(C)c3cc(cc(C)c3Cl)C/C(C)=C/C=C/C(C)C3(O)CC(OC(=O)N3)C(C)C3OC23C)C2(C)OC2C(C)C2CC1(O)NC(=O)O2. The summed E-state index contributed by atoms with van der Waals surface area (Å²) in [5.74, 6) is -4.33. The highest BCUT2D eigenvalue weighted by molar-refractivity contribution is 8.76. The molecule has 4 saturated heterocycles. The summed E-state index contributed by atoms with van der Waals surface area (Å²) >= 11 is 13.7. The van der Waals surface area contributed by atoms with Crippen molar-refractivity contribution in [3.05, 3.63) is 104 Å². The number of esters is 2. The van der Waals surface area contributed by atoms with E-state index in [0.717, 1.165) is 33.4 Å². The second kappa shape index (κ2) is 31.2. The molecule has 6 amide bonds. The molecule has 6 aliphatic rings. The molecule has 6 aliphatic heterocycles. The molecule has 4 fully saturated rings. The maximum atomic E-state index is 14.5. The summed E-state index contributed by atoms with van der Waals surface area (Å²) < 4.78 is 42.3. The highest BCUT2D eigenvalue weighted by Crippen LogP contribution is 2.51. The Morgan fingerprint density at radius 2 is 1.05 bits per heavy atom. The van der Waals surface area contributed by atoms with Gasteiger partial charge in [-0.2, -0.15) is 0 Å². The molecule has 0 aliphatic carbocycles. The van der Waals surface area contributed by atoms with Gasteiger partial charge in [0.1, 0.15) is 59.5 Å². The number of hydrogen-bond acceptors (Lipinski definition) is 19. The number of nitrogens with one attached hydrogen (secondary N) is 2. The number of fused-ring (bicyclic) bond motifs is 10. The van der Waals surface area contributed by atoms with Crippen LogP contribution in [0.1, 0.15) is 123 Å². The number of hydrogen-bond donors (Lipinski definition) is 4. The van der Waals surface area contributed by atoms with E-state index in [4.69, 9.17) is 56.4 Å². The average molecular weight is 1430 g/mol. The molecule has 23 nitrogen and oxygen atoms in total. The molecule has 0 radical (unpaired) electrons. The van der Waals surface area contributed by atoms with E-state index in [1.54, 1.807) is 53.9 Å². The predicted octanol–water partition coefficient (Wildman–Crippen LogP) is 9.42. The van der Waals surface area contributed by atoms with E-state index in [9.17, 15) is 48.6 Å². The van der Waals surface area contributed by atoms with E-state index in [1.165, 1.54) is 76.2 Å². The molecule has 6 heterocycles. The Hall–Kier alpha value is -6.16. The van der Waals surface area contributed by atoms with Gasteiger partial charge in [0.25, 0.3) is 0 Å². The number of aryl methyl sites for hydroxylation is 2. The van der Waals surface area contributed by atoms with Crippen molar-refractivity contribution in [1.29, 1.82) is 0 Å². The van der Waals surface area contributed by atoms with Gasteiger partial charge in [0.2, 0.25) is 23.6 Å². The molecule has 0 spiro atoms. The van der Waals surface area contributed by atoms with Crippen LogP contribution in [-0.2, 0) is 74.8 Å². The Morgan fingerprint density at radius 3 is 1.46 bits per heavy atom. The minimum Gasteiger partial charge on any atom is -0.457 e. The van der Waals surface area contributed by atoms with Crippen molar-refractivity contribution in [2.75, 3.05) is 56.6 Å². The zero-order chi connectivity index (χ0) is 71.6. The number of carbonyl (C=O) groups excluding carboxylic acids is 8. The van der Waals surface area contributed by atoms with Gasteiger partial charge in [0.05, 0.1) is 46.5 Å². The lowest BCUT2D eigenvalue weighted by molar-refractivity contribution is -0.162. The maximum Gasteiger partial charge on any atom is 0.409 e. The molecule has 97 heavy (non-hydrogen) atoms. The molecule has 4 N–H and O–H groups in total. The first-order chi connectivity index (χ1) is 45.4. The number of rotatable bonds is 14. The first kappa shape index (κ1) is 76.6. The van der Waals surface area contributed by atoms with Crippen molar-refractivity contribution in [3.63, 3.8) is 0 Å². The van der Waals surface area contributed by atoms with Crippen molar-refractivity contribution in [3.8, 4) is 0 Å². The van der Waals surface area contributed by atoms with Crippen molar-refractivity contribution in [2.45, 2.75) is 205 Å². The number of carbonyl (C=O) groups is 8. The quantitative estimate of drug-likeness (QED) is 0.0450. The first-order valence-electron chi connectivity index (χ1n) is 32.7. The summed E-state index contributed by atoms with van der Waals surface area (Å²) in [5, 5.41) is 29.6. The molecule has 0 aromatic heterocycles. The highest BCUT2D eigenvalue weighted by Gasteiger charge is 2.66. The van der Waals surface area contributed by atoms with Gasteiger partial charge in [0.15, 0.2) is 5.72 Å². The lowest BCUT2D eigenvalue weighted by Gasteiger charge is -2.42. The second-order valence-electron chi connectivity index (χ2n) is 27.3. The first-order valence-corrected chi connectivity index (χ1v) is 36.0. The van der Waals surface area contributed by atoms with Gasteiger partial charge in [0, 0.05) is 90.2 Å². The van der Waals surface area contributed by atoms with Crippen LogP contribution >= 0.6 is 44.8 Å². The number of alkyl carbamates (subject to hydrolysis) is 2. The number of nitrogens with zero attached hydrogens (tertiary/aromatic N) is 4. The normalized spacial score (nSPS) is 33.2. The van der Waals surface area contributed by atoms with Crippen molar-refractivity contribution in [2.24, 2.45) is 17.8 Å². The molecule has 532 valence electrons. The third-order valence-corrected chi connectivity index (χ3v) is 23.5. The van der Waals surface area contributed by atoms with Gasteiger partial charge in [-0.05, 0) is 103 Å². The van der Waals surface area contributed by atoms with E-state index in [-0.39, 0.29) is 50.3 Å². The zero-order valence-corrected chi connectivity index (χ0v) is 61.3. The minimum atomic E-state index is -1.88. The van der Waals surface area contributed by atoms with Gasteiger partial charge < -0.3 is 63.0 Å². The van der Waals surface area contributed by atoms with Crippen LogP contribution in [0.3, 0.4) is 0 Å². The Bertz CT molecular complexity index is 3500. The topological polar surface area (TPSA) is 285 Å². The molecule has 8 rings (SSSR count). The monoisotopic (exact) mass is 1420 g/mol. The van der Waals surface area contributed by atoms with E-state index in [2.05, 4.69) is 10.6 Å². The Morgan fingerprint density at radius 1 is 0.660 bits per heavy atom. The third kappa shape index (κ3) is 17.5. The van der Waals surface area contributed by atoms with E-state index >= 15 is 0 Å². The fraction of sp³-hybridized carbons (Fsp3) is 0.600. The van der Waals surface area contributed by atoms with E-state index in [0.29, 0.717) is 45.8 Å². The molecule has 0 saturated carbocycles. The molecule has 27 heteroatoms. The fourth-order valence-electron chi connectivity index (χ4n) is 13.1. The smallest absolute Gasteiger partial charge is 0.409 e. The van der Waals surface area contributed by atoms with Gasteiger partial charge in [-0.1, -0.05) is 125 Å². The van der Waals surface area contributed by atoms with E-state index in [1.807, 2.05) is 83.2 Å². The summed E-state index contributed by atoms with van der Waals surface area (Å²) in [6.45, 7) is 19.4. The van der Waals surface area contributed by atoms with E-state index < -0.39 is 131 Å². The van der Waals surface area contributed by atoms with Crippen molar-refractivity contribution < 1.29 is 81.7 Å². The van der Waals surface area contributed by atoms with Crippen LogP contribution in [-0.4, -0.2) is 192 Å². The number of halogens is 2. The van der Waals surface area contributed by atoms with Gasteiger partial charge >= 0.3 is 24.1 Å². The van der Waals surface area contributed by atoms with Crippen LogP contribution in [0.5, 0.6) is 0 Å². The summed E-state index contributed by atoms with van der Waals surface area (Å²) in [5.41, 5.74) is -0.0724. The number of anilines is 2. The van der Waals surface area contributed by atoms with Crippen LogP contribution in [0.4, 0.5) is 21.0 Å². The van der Waals surface area contributed by atoms with Gasteiger partial charge in [-0.15, -0.1) is 0 Å². The van der Waals surface area contributed by atoms with Crippen LogP contribution in [0, 0.1) is 31.6 Å². The Kier molecular flexibility index (Phi) is 24.6. The second-order valence-corrected chi connectivity index (χ2v) is 30.8. The Labute approximate surface area is 586 Å². The number of ether oxygens (including phenoxy) is 7. The molecule has 8 bridgehead atoms. The number of amides is 6. The average Bonchev–Trinajstić information content (AvgIpc) is 1.58. The molecule has 2 aromatic rings. The summed E-state index contributed by atoms with van der Waals surface area (Å²) in [6, 6.07) is 5.31. The third-order valence-electron chi connectivity index (χ3n) is 20.1. The summed E-state index contributed by atoms with van der Waals surface area (Å²) in [7, 11) is 10.2. The van der Waals surface area contributed by atoms with Crippen LogP contribution in [0.15, 0.2) is 71.9 Å². The number of likely N-dealkylation sites (N-methyl/N-ethyl adjacent to an activating group) is 2. The molecular formula is C70H94Cl2N6O17S2. The van der Waals surface area contributed by atoms with Gasteiger partial charge in [-0.3, -0.25) is 29.8 Å². The van der Waals surface area contributed by atoms with Crippen LogP contribution in [0.25, 0.3) is 0 Å². The number of epoxide rings is 2. The number of benzene rings is 2. The highest BCUT2D eigenvalue weighted by atomic mass is 35.5. The lowest BCUT2D eigenvalue weighted by atomic mass is 9.82. The predicted molar refractivity (Wildman–Crippen MR) is 371 cm³/mol. The molecular weight excluding hydrogens is 1330 g/mol. The van der Waals surface area contributed by atoms with Gasteiger partial charge in [-0.25, -0.2) is 19.2 Å². The largest absolute Gasteiger partial charge is 0.457 e. The van der Waals surface area contributed by atoms with Crippen LogP contribution < -0.4 is 20.4 Å². The Balaban J connectivity index is 0.876. The number of allylic oxidation sites excluding steroid dienone is 6. The molecule has 2 aromatic carbocycles. The maximum absolute atomic E-state index is 14.5. The van der Waals surface area contributed by atoms with Crippen LogP contribution in [0.2, 0.25) is 10.0 Å². The molecule has 16 atom stereocenters. The summed E-state index contributed by atoms with van der Waals surface area (Å²) in [4.78, 5) is 116. The lowest BCUT2D eigenvalue weighted by Crippen LogP contribution is -2.63. The number of aliphatic hydroxyl groups is 2. The fourth-order valence-corrected chi connectivity index (χ4v) is 15.6. The summed E-state index contributed by atoms with van der Waals surface area (Å²) in [6.07, 6.45) is 2.79. The van der Waals surface area contributed by atoms with Crippen molar-refractivity contribution in [1.82, 2.24) is 20.4 Å². The number of methoxy groups -OCH3 is 1. The minimum absolute atomic E-state index is 0.00530. The zero-order valence-electron chi connectivity index (χ0n) is 58.2. The standard InChI is InChI=1S/C70H94Cl2N6O17S2/c1-37-19-17-21-41(5)69(87)35-50(90-65(85)73-69)42(6)61-67(10,94-61)53(33-57(81)77(14)48-31-46(27-37)29-39(3)59(48)71)92-63(83)44(8)75(12)55(79)23-25-96-97-26-24-56(80)76(13)45(9)64(84)93-54-34-58(82)78(15)49-32-47(30-40(4)60(49)72)28-38(2)20-18-22-52(89-16)70(88)36-51(91-66(86)74-70)43(7)62-68(54,11)95-62/h17-22,29-32,41-45,50-54,61-62,87-88H,23-28,33-36H2,1-16H3,(H,73,85)(H,74,86)/b21-17+,22-18+,37-19+,38-20+. The van der Waals surface area contributed by atoms with Crippen molar-refractivity contribution >= 4 is 104 Å². The molecule has 16 unspecified atom stereocenters.